The molecule has 92 valence electrons. The Morgan fingerprint density at radius 2 is 1.47 bits per heavy atom. The highest BCUT2D eigenvalue weighted by atomic mass is 32.3. The van der Waals surface area contributed by atoms with Crippen LogP contribution in [0.2, 0.25) is 0 Å². The summed E-state index contributed by atoms with van der Waals surface area (Å²) in [6.07, 6.45) is -1.04. The standard InChI is InChI=1S/C4H7F3O6S2/c1-3(2)12-15(10,11)13-14(8,9)4(5,6)7/h3H,1-2H3. The number of alkyl halides is 3. The second-order valence-corrected chi connectivity index (χ2v) is 5.45. The van der Waals surface area contributed by atoms with Crippen LogP contribution in [0.25, 0.3) is 0 Å². The van der Waals surface area contributed by atoms with Crippen molar-refractivity contribution >= 4 is 20.5 Å². The van der Waals surface area contributed by atoms with E-state index in [-0.39, 0.29) is 0 Å². The second kappa shape index (κ2) is 4.23. The summed E-state index contributed by atoms with van der Waals surface area (Å²) in [6.45, 7) is 2.34. The molecule has 0 saturated carbocycles. The first-order chi connectivity index (χ1) is 6.37. The van der Waals surface area contributed by atoms with Crippen LogP contribution in [0.15, 0.2) is 0 Å². The molecule has 0 fully saturated rings. The van der Waals surface area contributed by atoms with E-state index in [0.717, 1.165) is 0 Å². The van der Waals surface area contributed by atoms with Gasteiger partial charge in [-0.15, -0.1) is 3.63 Å². The molecule has 0 spiro atoms. The van der Waals surface area contributed by atoms with Crippen molar-refractivity contribution in [2.24, 2.45) is 0 Å². The van der Waals surface area contributed by atoms with Gasteiger partial charge in [0.1, 0.15) is 0 Å². The molecule has 0 aromatic carbocycles. The van der Waals surface area contributed by atoms with Gasteiger partial charge in [-0.1, -0.05) is 0 Å². The Kier molecular flexibility index (Phi) is 4.12. The van der Waals surface area contributed by atoms with Crippen LogP contribution in [0.5, 0.6) is 0 Å². The molecule has 0 rings (SSSR count). The van der Waals surface area contributed by atoms with Crippen LogP contribution >= 0.6 is 0 Å². The highest BCUT2D eigenvalue weighted by Gasteiger charge is 2.50. The van der Waals surface area contributed by atoms with Crippen molar-refractivity contribution in [2.45, 2.75) is 25.5 Å². The van der Waals surface area contributed by atoms with E-state index in [0.29, 0.717) is 0 Å². The Bertz CT molecular complexity index is 404. The van der Waals surface area contributed by atoms with E-state index >= 15 is 0 Å². The lowest BCUT2D eigenvalue weighted by Gasteiger charge is -2.09. The number of hydrogen-bond acceptors (Lipinski definition) is 6. The molecular formula is C4H7F3O6S2. The SMILES string of the molecule is CC(C)OS(=O)(=O)OS(=O)(=O)C(F)(F)F. The third kappa shape index (κ3) is 4.77. The van der Waals surface area contributed by atoms with E-state index in [4.69, 9.17) is 0 Å². The summed E-state index contributed by atoms with van der Waals surface area (Å²) in [6, 6.07) is 0. The minimum atomic E-state index is -6.21. The monoisotopic (exact) mass is 272 g/mol. The molecule has 0 atom stereocenters. The van der Waals surface area contributed by atoms with Gasteiger partial charge in [0, 0.05) is 0 Å². The molecule has 0 unspecified atom stereocenters. The van der Waals surface area contributed by atoms with E-state index in [1.165, 1.54) is 13.8 Å². The Morgan fingerprint density at radius 3 is 1.73 bits per heavy atom. The molecule has 0 N–H and O–H groups in total. The van der Waals surface area contributed by atoms with Crippen molar-refractivity contribution in [1.29, 1.82) is 0 Å². The Morgan fingerprint density at radius 1 is 1.07 bits per heavy atom. The van der Waals surface area contributed by atoms with Crippen molar-refractivity contribution in [3.63, 3.8) is 0 Å². The largest absolute Gasteiger partial charge is 0.524 e. The average Bonchev–Trinajstić information content (AvgIpc) is 1.75. The minimum absolute atomic E-state index is 1.04. The van der Waals surface area contributed by atoms with Crippen LogP contribution in [0.1, 0.15) is 13.8 Å². The predicted molar refractivity (Wildman–Crippen MR) is 41.2 cm³/mol. The van der Waals surface area contributed by atoms with Crippen molar-refractivity contribution in [3.05, 3.63) is 0 Å². The van der Waals surface area contributed by atoms with Gasteiger partial charge >= 0.3 is 26.0 Å². The van der Waals surface area contributed by atoms with E-state index in [1.807, 2.05) is 0 Å². The van der Waals surface area contributed by atoms with Crippen LogP contribution in [-0.2, 0) is 28.3 Å². The molecule has 0 aliphatic heterocycles. The maximum atomic E-state index is 11.7. The smallest absolute Gasteiger partial charge is 0.245 e. The molecule has 0 amide bonds. The maximum absolute atomic E-state index is 11.7. The van der Waals surface area contributed by atoms with Gasteiger partial charge in [-0.05, 0) is 13.8 Å². The fraction of sp³-hybridized carbons (Fsp3) is 1.00. The van der Waals surface area contributed by atoms with Crippen LogP contribution in [-0.4, -0.2) is 28.4 Å². The zero-order chi connectivity index (χ0) is 12.5. The topological polar surface area (TPSA) is 86.7 Å². The number of hydrogen-bond donors (Lipinski definition) is 0. The first-order valence-corrected chi connectivity index (χ1v) is 6.07. The summed E-state index contributed by atoms with van der Waals surface area (Å²) < 4.78 is 83.4. The molecule has 0 bridgehead atoms. The van der Waals surface area contributed by atoms with Crippen LogP contribution in [0, 0.1) is 0 Å². The van der Waals surface area contributed by atoms with E-state index in [1.54, 1.807) is 0 Å². The van der Waals surface area contributed by atoms with Gasteiger partial charge in [0.2, 0.25) is 0 Å². The first-order valence-electron chi connectivity index (χ1n) is 3.33. The minimum Gasteiger partial charge on any atom is -0.245 e. The lowest BCUT2D eigenvalue weighted by atomic mass is 10.5. The maximum Gasteiger partial charge on any atom is 0.524 e. The quantitative estimate of drug-likeness (QED) is 0.693. The first kappa shape index (κ1) is 14.6. The fourth-order valence-corrected chi connectivity index (χ4v) is 2.19. The van der Waals surface area contributed by atoms with Gasteiger partial charge in [0.15, 0.2) is 0 Å². The van der Waals surface area contributed by atoms with Crippen molar-refractivity contribution < 1.29 is 37.8 Å². The van der Waals surface area contributed by atoms with Crippen LogP contribution < -0.4 is 0 Å². The summed E-state index contributed by atoms with van der Waals surface area (Å²) in [5.41, 5.74) is -5.82. The summed E-state index contributed by atoms with van der Waals surface area (Å²) in [5, 5.41) is 0. The molecule has 0 aromatic heterocycles. The third-order valence-electron chi connectivity index (χ3n) is 0.767. The zero-order valence-corrected chi connectivity index (χ0v) is 9.11. The zero-order valence-electron chi connectivity index (χ0n) is 7.48. The molecule has 0 aliphatic rings. The molecule has 0 saturated heterocycles. The lowest BCUT2D eigenvalue weighted by Crippen LogP contribution is -2.29. The van der Waals surface area contributed by atoms with Crippen LogP contribution in [0.3, 0.4) is 0 Å². The highest BCUT2D eigenvalue weighted by molar-refractivity contribution is 7.98. The van der Waals surface area contributed by atoms with Gasteiger partial charge in [0.05, 0.1) is 6.10 Å². The molecular weight excluding hydrogens is 265 g/mol. The van der Waals surface area contributed by atoms with Gasteiger partial charge < -0.3 is 0 Å². The average molecular weight is 272 g/mol. The van der Waals surface area contributed by atoms with E-state index in [2.05, 4.69) is 7.81 Å². The van der Waals surface area contributed by atoms with Crippen LogP contribution in [0.4, 0.5) is 13.2 Å². The Hall–Kier alpha value is -0.390. The van der Waals surface area contributed by atoms with Gasteiger partial charge in [0.25, 0.3) is 0 Å². The molecule has 0 radical (unpaired) electrons. The van der Waals surface area contributed by atoms with Crippen molar-refractivity contribution in [2.75, 3.05) is 0 Å². The van der Waals surface area contributed by atoms with Gasteiger partial charge in [-0.25, -0.2) is 4.18 Å². The van der Waals surface area contributed by atoms with Gasteiger partial charge in [-0.3, -0.25) is 0 Å². The summed E-state index contributed by atoms with van der Waals surface area (Å²) in [7, 11) is -11.4. The predicted octanol–water partition coefficient (Wildman–Crippen LogP) is 0.522. The Balaban J connectivity index is 4.92. The van der Waals surface area contributed by atoms with Crippen molar-refractivity contribution in [1.82, 2.24) is 0 Å². The summed E-state index contributed by atoms with van der Waals surface area (Å²) in [4.78, 5) is 0. The second-order valence-electron chi connectivity index (χ2n) is 2.52. The highest BCUT2D eigenvalue weighted by Crippen LogP contribution is 2.26. The van der Waals surface area contributed by atoms with E-state index in [9.17, 15) is 30.0 Å². The molecule has 0 heterocycles. The van der Waals surface area contributed by atoms with E-state index < -0.39 is 32.1 Å². The molecule has 0 aromatic rings. The molecule has 0 aliphatic carbocycles. The Labute approximate surface area is 84.4 Å². The molecule has 15 heavy (non-hydrogen) atoms. The number of halogens is 3. The molecule has 11 heteroatoms. The third-order valence-corrected chi connectivity index (χ3v) is 3.34. The molecule has 6 nitrogen and oxygen atoms in total. The summed E-state index contributed by atoms with van der Waals surface area (Å²) in [5.74, 6) is 0. The van der Waals surface area contributed by atoms with Crippen molar-refractivity contribution in [3.8, 4) is 0 Å². The summed E-state index contributed by atoms with van der Waals surface area (Å²) >= 11 is 0. The lowest BCUT2D eigenvalue weighted by molar-refractivity contribution is -0.0504. The normalized spacial score (nSPS) is 14.5. The number of rotatable bonds is 4. The van der Waals surface area contributed by atoms with Gasteiger partial charge in [-0.2, -0.15) is 30.0 Å². The fourth-order valence-electron chi connectivity index (χ4n) is 0.400.